The number of benzene rings is 2. The normalized spacial score (nSPS) is 11.9. The molecular formula is C16H16FNO2. The Morgan fingerprint density at radius 3 is 2.40 bits per heavy atom. The van der Waals surface area contributed by atoms with Crippen molar-refractivity contribution >= 4 is 5.91 Å². The lowest BCUT2D eigenvalue weighted by Gasteiger charge is -2.16. The van der Waals surface area contributed by atoms with Crippen LogP contribution in [-0.4, -0.2) is 13.0 Å². The minimum atomic E-state index is -0.419. The zero-order valence-corrected chi connectivity index (χ0v) is 11.2. The van der Waals surface area contributed by atoms with Crippen LogP contribution in [0.1, 0.15) is 17.0 Å². The summed E-state index contributed by atoms with van der Waals surface area (Å²) in [5.41, 5.74) is 4.14. The summed E-state index contributed by atoms with van der Waals surface area (Å²) >= 11 is 0. The summed E-state index contributed by atoms with van der Waals surface area (Å²) in [6, 6.07) is 15.6. The largest absolute Gasteiger partial charge is 0.277 e. The van der Waals surface area contributed by atoms with Crippen molar-refractivity contribution in [1.29, 1.82) is 0 Å². The summed E-state index contributed by atoms with van der Waals surface area (Å²) in [5, 5.41) is 0. The molecule has 1 amide bonds. The van der Waals surface area contributed by atoms with E-state index in [0.717, 1.165) is 11.1 Å². The maximum atomic E-state index is 13.0. The van der Waals surface area contributed by atoms with Gasteiger partial charge < -0.3 is 0 Å². The summed E-state index contributed by atoms with van der Waals surface area (Å²) in [7, 11) is 1.39. The van der Waals surface area contributed by atoms with E-state index in [4.69, 9.17) is 4.84 Å². The monoisotopic (exact) mass is 273 g/mol. The van der Waals surface area contributed by atoms with Crippen LogP contribution in [0.25, 0.3) is 0 Å². The Morgan fingerprint density at radius 2 is 1.80 bits per heavy atom. The molecule has 3 nitrogen and oxygen atoms in total. The lowest BCUT2D eigenvalue weighted by molar-refractivity contribution is -0.132. The third-order valence-electron chi connectivity index (χ3n) is 3.07. The Hall–Kier alpha value is -2.20. The van der Waals surface area contributed by atoms with Gasteiger partial charge in [-0.3, -0.25) is 9.63 Å². The topological polar surface area (TPSA) is 38.3 Å². The van der Waals surface area contributed by atoms with Crippen LogP contribution in [0.5, 0.6) is 0 Å². The molecule has 4 heteroatoms. The highest BCUT2D eigenvalue weighted by molar-refractivity contribution is 5.83. The molecule has 2 aromatic rings. The Kier molecular flexibility index (Phi) is 4.85. The van der Waals surface area contributed by atoms with Gasteiger partial charge in [-0.2, -0.15) is 0 Å². The molecule has 0 heterocycles. The third kappa shape index (κ3) is 3.65. The Balaban J connectivity index is 2.25. The van der Waals surface area contributed by atoms with Crippen LogP contribution >= 0.6 is 0 Å². The van der Waals surface area contributed by atoms with Crippen molar-refractivity contribution < 1.29 is 14.0 Å². The second-order valence-corrected chi connectivity index (χ2v) is 4.46. The van der Waals surface area contributed by atoms with Gasteiger partial charge in [0.25, 0.3) is 5.91 Å². The van der Waals surface area contributed by atoms with E-state index in [9.17, 15) is 9.18 Å². The molecule has 0 radical (unpaired) electrons. The van der Waals surface area contributed by atoms with Crippen LogP contribution in [0.15, 0.2) is 54.6 Å². The molecule has 0 aliphatic heterocycles. The molecule has 1 atom stereocenters. The summed E-state index contributed by atoms with van der Waals surface area (Å²) in [4.78, 5) is 16.8. The summed E-state index contributed by atoms with van der Waals surface area (Å²) in [6.45, 7) is 0. The van der Waals surface area contributed by atoms with Gasteiger partial charge in [0.2, 0.25) is 0 Å². The molecule has 0 aliphatic rings. The van der Waals surface area contributed by atoms with E-state index in [2.05, 4.69) is 5.48 Å². The lowest BCUT2D eigenvalue weighted by atomic mass is 9.91. The molecule has 0 bridgehead atoms. The van der Waals surface area contributed by atoms with Crippen LogP contribution in [0.2, 0.25) is 0 Å². The fourth-order valence-corrected chi connectivity index (χ4v) is 2.08. The molecule has 0 aromatic heterocycles. The number of rotatable bonds is 5. The van der Waals surface area contributed by atoms with Gasteiger partial charge in [-0.05, 0) is 29.7 Å². The third-order valence-corrected chi connectivity index (χ3v) is 3.07. The van der Waals surface area contributed by atoms with E-state index in [1.807, 2.05) is 30.3 Å². The van der Waals surface area contributed by atoms with E-state index in [-0.39, 0.29) is 11.7 Å². The average molecular weight is 273 g/mol. The van der Waals surface area contributed by atoms with Crippen molar-refractivity contribution in [2.75, 3.05) is 7.11 Å². The van der Waals surface area contributed by atoms with E-state index in [1.54, 1.807) is 12.1 Å². The van der Waals surface area contributed by atoms with Crippen molar-refractivity contribution in [2.24, 2.45) is 0 Å². The molecule has 1 unspecified atom stereocenters. The fraction of sp³-hybridized carbons (Fsp3) is 0.188. The average Bonchev–Trinajstić information content (AvgIpc) is 2.47. The molecule has 1 N–H and O–H groups in total. The predicted molar refractivity (Wildman–Crippen MR) is 74.4 cm³/mol. The first-order chi connectivity index (χ1) is 9.70. The Labute approximate surface area is 117 Å². The molecule has 0 spiro atoms. The standard InChI is InChI=1S/C16H16FNO2/c1-20-18-16(19)15(11-12-5-3-2-4-6-12)13-7-9-14(17)10-8-13/h2-10,15H,11H2,1H3,(H,18,19). The molecule has 0 saturated heterocycles. The SMILES string of the molecule is CONC(=O)C(Cc1ccccc1)c1ccc(F)cc1. The second-order valence-electron chi connectivity index (χ2n) is 4.46. The number of hydrogen-bond acceptors (Lipinski definition) is 2. The molecule has 2 rings (SSSR count). The van der Waals surface area contributed by atoms with E-state index in [0.29, 0.717) is 6.42 Å². The molecule has 2 aromatic carbocycles. The van der Waals surface area contributed by atoms with Crippen molar-refractivity contribution in [3.05, 3.63) is 71.5 Å². The minimum absolute atomic E-state index is 0.247. The predicted octanol–water partition coefficient (Wildman–Crippen LogP) is 2.83. The highest BCUT2D eigenvalue weighted by Crippen LogP contribution is 2.21. The number of hydroxylamine groups is 1. The first-order valence-corrected chi connectivity index (χ1v) is 6.33. The van der Waals surface area contributed by atoms with Crippen molar-refractivity contribution in [3.8, 4) is 0 Å². The highest BCUT2D eigenvalue weighted by Gasteiger charge is 2.21. The van der Waals surface area contributed by atoms with Gasteiger partial charge in [0.05, 0.1) is 13.0 Å². The van der Waals surface area contributed by atoms with Crippen LogP contribution in [0.4, 0.5) is 4.39 Å². The fourth-order valence-electron chi connectivity index (χ4n) is 2.08. The smallest absolute Gasteiger partial charge is 0.251 e. The number of halogens is 1. The number of carbonyl (C=O) groups excluding carboxylic acids is 1. The van der Waals surface area contributed by atoms with Gasteiger partial charge in [0, 0.05) is 0 Å². The lowest BCUT2D eigenvalue weighted by Crippen LogP contribution is -2.29. The van der Waals surface area contributed by atoms with Gasteiger partial charge >= 0.3 is 0 Å². The summed E-state index contributed by atoms with van der Waals surface area (Å²) < 4.78 is 13.0. The number of amides is 1. The Bertz CT molecular complexity index is 554. The van der Waals surface area contributed by atoms with Crippen LogP contribution in [0.3, 0.4) is 0 Å². The van der Waals surface area contributed by atoms with Crippen LogP contribution < -0.4 is 5.48 Å². The van der Waals surface area contributed by atoms with Gasteiger partial charge in [-0.15, -0.1) is 0 Å². The quantitative estimate of drug-likeness (QED) is 0.851. The van der Waals surface area contributed by atoms with E-state index in [1.165, 1.54) is 19.2 Å². The zero-order chi connectivity index (χ0) is 14.4. The van der Waals surface area contributed by atoms with Gasteiger partial charge in [0.1, 0.15) is 5.82 Å². The number of nitrogens with one attached hydrogen (secondary N) is 1. The van der Waals surface area contributed by atoms with Crippen molar-refractivity contribution in [3.63, 3.8) is 0 Å². The molecule has 104 valence electrons. The van der Waals surface area contributed by atoms with Crippen LogP contribution in [0, 0.1) is 5.82 Å². The first kappa shape index (κ1) is 14.2. The number of hydrogen-bond donors (Lipinski definition) is 1. The van der Waals surface area contributed by atoms with Gasteiger partial charge in [-0.25, -0.2) is 9.87 Å². The number of carbonyl (C=O) groups is 1. The maximum Gasteiger partial charge on any atom is 0.251 e. The van der Waals surface area contributed by atoms with Gasteiger partial charge in [0.15, 0.2) is 0 Å². The molecule has 0 fully saturated rings. The molecule has 0 aliphatic carbocycles. The molecule has 0 saturated carbocycles. The van der Waals surface area contributed by atoms with E-state index < -0.39 is 5.92 Å². The summed E-state index contributed by atoms with van der Waals surface area (Å²) in [5.74, 6) is -0.986. The molecular weight excluding hydrogens is 257 g/mol. The van der Waals surface area contributed by atoms with Crippen LogP contribution in [-0.2, 0) is 16.1 Å². The van der Waals surface area contributed by atoms with Gasteiger partial charge in [-0.1, -0.05) is 42.5 Å². The minimum Gasteiger partial charge on any atom is -0.277 e. The van der Waals surface area contributed by atoms with E-state index >= 15 is 0 Å². The maximum absolute atomic E-state index is 13.0. The first-order valence-electron chi connectivity index (χ1n) is 6.33. The Morgan fingerprint density at radius 1 is 1.15 bits per heavy atom. The highest BCUT2D eigenvalue weighted by atomic mass is 19.1. The van der Waals surface area contributed by atoms with Crippen molar-refractivity contribution in [2.45, 2.75) is 12.3 Å². The summed E-state index contributed by atoms with van der Waals surface area (Å²) in [6.07, 6.45) is 0.529. The van der Waals surface area contributed by atoms with Crippen molar-refractivity contribution in [1.82, 2.24) is 5.48 Å². The second kappa shape index (κ2) is 6.82. The molecule has 20 heavy (non-hydrogen) atoms. The zero-order valence-electron chi connectivity index (χ0n) is 11.2.